The van der Waals surface area contributed by atoms with Gasteiger partial charge in [0, 0.05) is 20.8 Å². The summed E-state index contributed by atoms with van der Waals surface area (Å²) in [5.74, 6) is 0.898. The van der Waals surface area contributed by atoms with Crippen LogP contribution in [0.3, 0.4) is 0 Å². The van der Waals surface area contributed by atoms with Crippen molar-refractivity contribution in [1.82, 2.24) is 4.90 Å². The van der Waals surface area contributed by atoms with Crippen molar-refractivity contribution in [2.75, 3.05) is 40.5 Å². The molecule has 0 aliphatic carbocycles. The lowest BCUT2D eigenvalue weighted by Crippen LogP contribution is -2.40. The second-order valence-corrected chi connectivity index (χ2v) is 4.30. The van der Waals surface area contributed by atoms with Gasteiger partial charge in [0.1, 0.15) is 0 Å². The van der Waals surface area contributed by atoms with E-state index < -0.39 is 0 Å². The highest BCUT2D eigenvalue weighted by atomic mass is 16.5. The fraction of sp³-hybridized carbons (Fsp3) is 1.00. The van der Waals surface area contributed by atoms with Gasteiger partial charge in [-0.1, -0.05) is 6.92 Å². The summed E-state index contributed by atoms with van der Waals surface area (Å²) in [7, 11) is 3.49. The monoisotopic (exact) mass is 201 g/mol. The first kappa shape index (κ1) is 12.0. The summed E-state index contributed by atoms with van der Waals surface area (Å²) in [5, 5.41) is 0. The van der Waals surface area contributed by atoms with Crippen molar-refractivity contribution in [3.8, 4) is 0 Å². The Balaban J connectivity index is 2.21. The van der Waals surface area contributed by atoms with Crippen LogP contribution < -0.4 is 0 Å². The Bertz CT molecular complexity index is 144. The summed E-state index contributed by atoms with van der Waals surface area (Å²) >= 11 is 0. The first-order chi connectivity index (χ1) is 6.76. The van der Waals surface area contributed by atoms with Crippen molar-refractivity contribution < 1.29 is 9.47 Å². The van der Waals surface area contributed by atoms with E-state index in [0.29, 0.717) is 6.61 Å². The summed E-state index contributed by atoms with van der Waals surface area (Å²) < 4.78 is 10.5. The first-order valence-corrected chi connectivity index (χ1v) is 5.50. The highest BCUT2D eigenvalue weighted by Gasteiger charge is 2.18. The summed E-state index contributed by atoms with van der Waals surface area (Å²) in [6.07, 6.45) is 2.88. The van der Waals surface area contributed by atoms with E-state index in [4.69, 9.17) is 9.47 Å². The van der Waals surface area contributed by atoms with Gasteiger partial charge in [0.25, 0.3) is 0 Å². The van der Waals surface area contributed by atoms with E-state index in [1.165, 1.54) is 25.9 Å². The minimum absolute atomic E-state index is 0.230. The molecule has 1 saturated heterocycles. The van der Waals surface area contributed by atoms with Crippen LogP contribution in [-0.2, 0) is 9.47 Å². The number of likely N-dealkylation sites (tertiary alicyclic amines) is 1. The molecule has 0 aromatic heterocycles. The van der Waals surface area contributed by atoms with Gasteiger partial charge in [0.05, 0.1) is 12.7 Å². The fourth-order valence-electron chi connectivity index (χ4n) is 1.91. The molecule has 0 radical (unpaired) electrons. The molecule has 0 aromatic carbocycles. The molecular formula is C11H23NO2. The van der Waals surface area contributed by atoms with E-state index in [1.807, 2.05) is 0 Å². The Morgan fingerprint density at radius 2 is 1.93 bits per heavy atom. The molecule has 1 rings (SSSR count). The van der Waals surface area contributed by atoms with E-state index in [-0.39, 0.29) is 6.10 Å². The van der Waals surface area contributed by atoms with Gasteiger partial charge in [-0.3, -0.25) is 0 Å². The lowest BCUT2D eigenvalue weighted by atomic mass is 9.99. The molecule has 0 spiro atoms. The van der Waals surface area contributed by atoms with Crippen LogP contribution in [0.1, 0.15) is 19.8 Å². The van der Waals surface area contributed by atoms with Crippen LogP contribution in [-0.4, -0.2) is 51.5 Å². The molecule has 0 aromatic rings. The molecular weight excluding hydrogens is 178 g/mol. The van der Waals surface area contributed by atoms with Gasteiger partial charge in [0.15, 0.2) is 0 Å². The SMILES string of the molecule is COCC(CN1CCC(C)CC1)OC. The summed E-state index contributed by atoms with van der Waals surface area (Å²) in [6.45, 7) is 6.47. The quantitative estimate of drug-likeness (QED) is 0.671. The molecule has 0 saturated carbocycles. The van der Waals surface area contributed by atoms with E-state index in [1.54, 1.807) is 14.2 Å². The Morgan fingerprint density at radius 3 is 2.43 bits per heavy atom. The summed E-state index contributed by atoms with van der Waals surface area (Å²) in [4.78, 5) is 2.48. The number of hydrogen-bond donors (Lipinski definition) is 0. The molecule has 3 nitrogen and oxygen atoms in total. The fourth-order valence-corrected chi connectivity index (χ4v) is 1.91. The Labute approximate surface area is 87.4 Å². The van der Waals surface area contributed by atoms with Crippen molar-refractivity contribution in [2.24, 2.45) is 5.92 Å². The average molecular weight is 201 g/mol. The van der Waals surface area contributed by atoms with Gasteiger partial charge >= 0.3 is 0 Å². The highest BCUT2D eigenvalue weighted by Crippen LogP contribution is 2.16. The Morgan fingerprint density at radius 1 is 1.29 bits per heavy atom. The van der Waals surface area contributed by atoms with Crippen LogP contribution in [0.15, 0.2) is 0 Å². The molecule has 1 atom stereocenters. The van der Waals surface area contributed by atoms with Crippen LogP contribution in [0.2, 0.25) is 0 Å². The van der Waals surface area contributed by atoms with Crippen LogP contribution in [0.5, 0.6) is 0 Å². The maximum atomic E-state index is 5.35. The zero-order valence-electron chi connectivity index (χ0n) is 9.66. The lowest BCUT2D eigenvalue weighted by Gasteiger charge is -2.32. The standard InChI is InChI=1S/C11H23NO2/c1-10-4-6-12(7-5-10)8-11(14-3)9-13-2/h10-11H,4-9H2,1-3H3. The van der Waals surface area contributed by atoms with Crippen LogP contribution in [0, 0.1) is 5.92 Å². The third kappa shape index (κ3) is 3.95. The smallest absolute Gasteiger partial charge is 0.0931 e. The number of piperidine rings is 1. The molecule has 1 heterocycles. The third-order valence-electron chi connectivity index (χ3n) is 3.02. The molecule has 0 bridgehead atoms. The number of hydrogen-bond acceptors (Lipinski definition) is 3. The number of nitrogens with zero attached hydrogens (tertiary/aromatic N) is 1. The minimum atomic E-state index is 0.230. The van der Waals surface area contributed by atoms with Crippen molar-refractivity contribution in [3.63, 3.8) is 0 Å². The topological polar surface area (TPSA) is 21.7 Å². The number of rotatable bonds is 5. The van der Waals surface area contributed by atoms with Gasteiger partial charge in [-0.2, -0.15) is 0 Å². The molecule has 84 valence electrons. The minimum Gasteiger partial charge on any atom is -0.382 e. The van der Waals surface area contributed by atoms with Crippen molar-refractivity contribution >= 4 is 0 Å². The second-order valence-electron chi connectivity index (χ2n) is 4.30. The Hall–Kier alpha value is -0.120. The van der Waals surface area contributed by atoms with Gasteiger partial charge in [0.2, 0.25) is 0 Å². The van der Waals surface area contributed by atoms with Gasteiger partial charge < -0.3 is 14.4 Å². The van der Waals surface area contributed by atoms with Crippen molar-refractivity contribution in [1.29, 1.82) is 0 Å². The molecule has 1 aliphatic rings. The second kappa shape index (κ2) is 6.38. The summed E-state index contributed by atoms with van der Waals surface area (Å²) in [5.41, 5.74) is 0. The molecule has 0 N–H and O–H groups in total. The van der Waals surface area contributed by atoms with Crippen molar-refractivity contribution in [3.05, 3.63) is 0 Å². The first-order valence-electron chi connectivity index (χ1n) is 5.50. The zero-order chi connectivity index (χ0) is 10.4. The molecule has 1 aliphatic heterocycles. The largest absolute Gasteiger partial charge is 0.382 e. The predicted molar refractivity (Wildman–Crippen MR) is 57.5 cm³/mol. The van der Waals surface area contributed by atoms with Crippen LogP contribution in [0.25, 0.3) is 0 Å². The van der Waals surface area contributed by atoms with Crippen molar-refractivity contribution in [2.45, 2.75) is 25.9 Å². The average Bonchev–Trinajstić information content (AvgIpc) is 2.20. The summed E-state index contributed by atoms with van der Waals surface area (Å²) in [6, 6.07) is 0. The zero-order valence-corrected chi connectivity index (χ0v) is 9.66. The normalized spacial score (nSPS) is 22.5. The van der Waals surface area contributed by atoms with Crippen LogP contribution in [0.4, 0.5) is 0 Å². The van der Waals surface area contributed by atoms with E-state index in [9.17, 15) is 0 Å². The maximum absolute atomic E-state index is 5.35. The number of methoxy groups -OCH3 is 2. The van der Waals surface area contributed by atoms with Gasteiger partial charge in [-0.15, -0.1) is 0 Å². The molecule has 3 heteroatoms. The maximum Gasteiger partial charge on any atom is 0.0931 e. The van der Waals surface area contributed by atoms with E-state index in [0.717, 1.165) is 12.5 Å². The molecule has 14 heavy (non-hydrogen) atoms. The van der Waals surface area contributed by atoms with Gasteiger partial charge in [-0.05, 0) is 31.8 Å². The molecule has 1 unspecified atom stereocenters. The third-order valence-corrected chi connectivity index (χ3v) is 3.02. The van der Waals surface area contributed by atoms with E-state index in [2.05, 4.69) is 11.8 Å². The highest BCUT2D eigenvalue weighted by molar-refractivity contribution is 4.72. The lowest BCUT2D eigenvalue weighted by molar-refractivity contribution is 0.000509. The van der Waals surface area contributed by atoms with Gasteiger partial charge in [-0.25, -0.2) is 0 Å². The molecule has 1 fully saturated rings. The predicted octanol–water partition coefficient (Wildman–Crippen LogP) is 1.38. The Kier molecular flexibility index (Phi) is 5.45. The van der Waals surface area contributed by atoms with E-state index >= 15 is 0 Å². The van der Waals surface area contributed by atoms with Crippen LogP contribution >= 0.6 is 0 Å². The molecule has 0 amide bonds. The number of ether oxygens (including phenoxy) is 2.